The summed E-state index contributed by atoms with van der Waals surface area (Å²) in [5, 5.41) is 3.88. The first-order valence-electron chi connectivity index (χ1n) is 8.85. The summed E-state index contributed by atoms with van der Waals surface area (Å²) in [4.78, 5) is 36.5. The van der Waals surface area contributed by atoms with E-state index in [0.29, 0.717) is 47.2 Å². The number of thiazole rings is 1. The van der Waals surface area contributed by atoms with Crippen LogP contribution in [0.15, 0.2) is 48.8 Å². The van der Waals surface area contributed by atoms with Gasteiger partial charge in [-0.3, -0.25) is 14.6 Å². The molecule has 0 aliphatic carbocycles. The number of halogens is 1. The quantitative estimate of drug-likeness (QED) is 0.712. The molecule has 3 heterocycles. The molecule has 0 bridgehead atoms. The number of hydrogen-bond donors (Lipinski definition) is 1. The van der Waals surface area contributed by atoms with Gasteiger partial charge in [0.05, 0.1) is 5.69 Å². The highest BCUT2D eigenvalue weighted by molar-refractivity contribution is 7.13. The Labute approximate surface area is 171 Å². The van der Waals surface area contributed by atoms with E-state index in [2.05, 4.69) is 15.3 Å². The van der Waals surface area contributed by atoms with Crippen LogP contribution in [-0.2, 0) is 12.8 Å². The third kappa shape index (κ3) is 4.05. The van der Waals surface area contributed by atoms with Crippen molar-refractivity contribution in [2.75, 3.05) is 18.4 Å². The van der Waals surface area contributed by atoms with Crippen LogP contribution in [0.3, 0.4) is 0 Å². The molecule has 1 aliphatic rings. The van der Waals surface area contributed by atoms with Gasteiger partial charge in [0, 0.05) is 59.5 Å². The van der Waals surface area contributed by atoms with Gasteiger partial charge in [0.2, 0.25) is 0 Å². The van der Waals surface area contributed by atoms with Crippen molar-refractivity contribution in [1.82, 2.24) is 14.9 Å². The summed E-state index contributed by atoms with van der Waals surface area (Å²) < 4.78 is 0. The number of nitrogens with zero attached hydrogens (tertiary/aromatic N) is 3. The molecular formula is C20H17ClN4O2S. The van der Waals surface area contributed by atoms with Crippen LogP contribution in [0.2, 0.25) is 5.02 Å². The highest BCUT2D eigenvalue weighted by atomic mass is 35.5. The Kier molecular flexibility index (Phi) is 5.36. The van der Waals surface area contributed by atoms with Crippen molar-refractivity contribution in [2.45, 2.75) is 12.8 Å². The van der Waals surface area contributed by atoms with Gasteiger partial charge in [-0.2, -0.15) is 0 Å². The molecule has 2 amide bonds. The van der Waals surface area contributed by atoms with Crippen molar-refractivity contribution in [2.24, 2.45) is 0 Å². The van der Waals surface area contributed by atoms with Crippen LogP contribution < -0.4 is 5.32 Å². The highest BCUT2D eigenvalue weighted by Gasteiger charge is 2.24. The maximum atomic E-state index is 12.7. The molecule has 0 saturated carbocycles. The summed E-state index contributed by atoms with van der Waals surface area (Å²) in [6.45, 7) is 1.17. The van der Waals surface area contributed by atoms with Crippen LogP contribution in [0.5, 0.6) is 0 Å². The zero-order chi connectivity index (χ0) is 19.5. The summed E-state index contributed by atoms with van der Waals surface area (Å²) in [7, 11) is 0. The van der Waals surface area contributed by atoms with Gasteiger partial charge in [-0.05, 0) is 36.4 Å². The summed E-state index contributed by atoms with van der Waals surface area (Å²) in [5.74, 6) is -0.235. The molecule has 142 valence electrons. The molecular weight excluding hydrogens is 396 g/mol. The Morgan fingerprint density at radius 2 is 1.75 bits per heavy atom. The lowest BCUT2D eigenvalue weighted by molar-refractivity contribution is 0.0762. The zero-order valence-electron chi connectivity index (χ0n) is 14.9. The van der Waals surface area contributed by atoms with E-state index in [1.165, 1.54) is 11.3 Å². The van der Waals surface area contributed by atoms with Crippen LogP contribution in [0.1, 0.15) is 30.7 Å². The molecule has 4 rings (SSSR count). The molecule has 8 heteroatoms. The average molecular weight is 413 g/mol. The number of amides is 2. The summed E-state index contributed by atoms with van der Waals surface area (Å²) in [6, 6.07) is 10.4. The molecule has 1 N–H and O–H groups in total. The molecule has 3 aromatic rings. The van der Waals surface area contributed by atoms with Gasteiger partial charge >= 0.3 is 0 Å². The Bertz CT molecular complexity index is 979. The standard InChI is InChI=1S/C20H17ClN4O2S/c21-14-3-1-13(2-4-14)20(27)25-11-7-16-17(8-12-25)28-19(24-16)18(26)23-15-5-9-22-10-6-15/h1-6,9-10H,7-8,11-12H2,(H,22,23,26). The SMILES string of the molecule is O=C(Nc1ccncc1)c1nc2c(s1)CCN(C(=O)c1ccc(Cl)cc1)CC2. The van der Waals surface area contributed by atoms with Crippen molar-refractivity contribution >= 4 is 40.4 Å². The van der Waals surface area contributed by atoms with Crippen molar-refractivity contribution in [1.29, 1.82) is 0 Å². The highest BCUT2D eigenvalue weighted by Crippen LogP contribution is 2.24. The predicted octanol–water partition coefficient (Wildman–Crippen LogP) is 3.68. The smallest absolute Gasteiger partial charge is 0.284 e. The lowest BCUT2D eigenvalue weighted by Gasteiger charge is -2.20. The van der Waals surface area contributed by atoms with Gasteiger partial charge in [0.25, 0.3) is 11.8 Å². The van der Waals surface area contributed by atoms with E-state index in [1.807, 2.05) is 4.90 Å². The summed E-state index contributed by atoms with van der Waals surface area (Å²) in [5.41, 5.74) is 2.21. The first-order valence-corrected chi connectivity index (χ1v) is 10.0. The largest absolute Gasteiger partial charge is 0.338 e. The van der Waals surface area contributed by atoms with Crippen LogP contribution in [0.25, 0.3) is 0 Å². The first-order chi connectivity index (χ1) is 13.6. The van der Waals surface area contributed by atoms with Crippen LogP contribution in [-0.4, -0.2) is 39.8 Å². The third-order valence-electron chi connectivity index (χ3n) is 4.52. The number of aromatic nitrogens is 2. The van der Waals surface area contributed by atoms with Gasteiger partial charge < -0.3 is 10.2 Å². The van der Waals surface area contributed by atoms with Gasteiger partial charge in [-0.1, -0.05) is 11.6 Å². The average Bonchev–Trinajstić information content (AvgIpc) is 3.02. The lowest BCUT2D eigenvalue weighted by Crippen LogP contribution is -2.33. The number of benzene rings is 1. The van der Waals surface area contributed by atoms with Crippen molar-refractivity contribution in [3.05, 3.63) is 75.0 Å². The molecule has 0 atom stereocenters. The van der Waals surface area contributed by atoms with E-state index in [1.54, 1.807) is 48.8 Å². The Hall–Kier alpha value is -2.77. The van der Waals surface area contributed by atoms with E-state index in [-0.39, 0.29) is 11.8 Å². The molecule has 0 fully saturated rings. The Morgan fingerprint density at radius 1 is 1.04 bits per heavy atom. The van der Waals surface area contributed by atoms with Crippen molar-refractivity contribution < 1.29 is 9.59 Å². The molecule has 6 nitrogen and oxygen atoms in total. The van der Waals surface area contributed by atoms with Gasteiger partial charge in [-0.25, -0.2) is 4.98 Å². The van der Waals surface area contributed by atoms with E-state index in [4.69, 9.17) is 11.6 Å². The number of fused-ring (bicyclic) bond motifs is 1. The Morgan fingerprint density at radius 3 is 2.50 bits per heavy atom. The molecule has 0 saturated heterocycles. The number of anilines is 1. The predicted molar refractivity (Wildman–Crippen MR) is 109 cm³/mol. The number of carbonyl (C=O) groups is 2. The van der Waals surface area contributed by atoms with E-state index >= 15 is 0 Å². The fourth-order valence-electron chi connectivity index (χ4n) is 3.06. The van der Waals surface area contributed by atoms with Crippen molar-refractivity contribution in [3.8, 4) is 0 Å². The molecule has 1 aliphatic heterocycles. The molecule has 0 spiro atoms. The Balaban J connectivity index is 1.43. The zero-order valence-corrected chi connectivity index (χ0v) is 16.5. The fraction of sp³-hybridized carbons (Fsp3) is 0.200. The monoisotopic (exact) mass is 412 g/mol. The maximum Gasteiger partial charge on any atom is 0.284 e. The first kappa shape index (κ1) is 18.6. The second-order valence-corrected chi connectivity index (χ2v) is 7.90. The van der Waals surface area contributed by atoms with Crippen LogP contribution >= 0.6 is 22.9 Å². The number of carbonyl (C=O) groups excluding carboxylic acids is 2. The van der Waals surface area contributed by atoms with Crippen LogP contribution in [0, 0.1) is 0 Å². The maximum absolute atomic E-state index is 12.7. The van der Waals surface area contributed by atoms with Gasteiger partial charge in [0.15, 0.2) is 5.01 Å². The summed E-state index contributed by atoms with van der Waals surface area (Å²) in [6.07, 6.45) is 4.57. The second-order valence-electron chi connectivity index (χ2n) is 6.38. The molecule has 2 aromatic heterocycles. The van der Waals surface area contributed by atoms with Gasteiger partial charge in [-0.15, -0.1) is 11.3 Å². The van der Waals surface area contributed by atoms with Gasteiger partial charge in [0.1, 0.15) is 0 Å². The lowest BCUT2D eigenvalue weighted by atomic mass is 10.2. The van der Waals surface area contributed by atoms with E-state index < -0.39 is 0 Å². The van der Waals surface area contributed by atoms with Crippen LogP contribution in [0.4, 0.5) is 5.69 Å². The topological polar surface area (TPSA) is 75.2 Å². The van der Waals surface area contributed by atoms with E-state index in [0.717, 1.165) is 10.6 Å². The van der Waals surface area contributed by atoms with E-state index in [9.17, 15) is 9.59 Å². The number of pyridine rings is 1. The minimum absolute atomic E-state index is 0.0116. The third-order valence-corrected chi connectivity index (χ3v) is 5.92. The molecule has 0 radical (unpaired) electrons. The molecule has 28 heavy (non-hydrogen) atoms. The van der Waals surface area contributed by atoms with Crippen molar-refractivity contribution in [3.63, 3.8) is 0 Å². The number of nitrogens with one attached hydrogen (secondary N) is 1. The second kappa shape index (κ2) is 8.08. The molecule has 1 aromatic carbocycles. The summed E-state index contributed by atoms with van der Waals surface area (Å²) >= 11 is 7.29. The normalized spacial score (nSPS) is 13.5. The minimum atomic E-state index is -0.224. The number of rotatable bonds is 3. The number of hydrogen-bond acceptors (Lipinski definition) is 5. The fourth-order valence-corrected chi connectivity index (χ4v) is 4.18. The minimum Gasteiger partial charge on any atom is -0.338 e. The molecule has 0 unspecified atom stereocenters.